The normalized spacial score (nSPS) is 22.7. The van der Waals surface area contributed by atoms with Gasteiger partial charge in [-0.3, -0.25) is 4.79 Å². The number of aromatic nitrogens is 2. The van der Waals surface area contributed by atoms with E-state index in [0.29, 0.717) is 18.1 Å². The second-order valence-corrected chi connectivity index (χ2v) is 5.51. The van der Waals surface area contributed by atoms with Crippen molar-refractivity contribution >= 4 is 17.4 Å². The Bertz CT molecular complexity index is 450. The fraction of sp³-hybridized carbons (Fsp3) is 0.714. The Labute approximate surface area is 119 Å². The summed E-state index contributed by atoms with van der Waals surface area (Å²) < 4.78 is 1.49. The van der Waals surface area contributed by atoms with E-state index in [1.807, 2.05) is 0 Å². The predicted octanol–water partition coefficient (Wildman–Crippen LogP) is 1.61. The van der Waals surface area contributed by atoms with Gasteiger partial charge in [-0.2, -0.15) is 5.10 Å². The van der Waals surface area contributed by atoms with Crippen molar-refractivity contribution in [3.05, 3.63) is 6.20 Å². The molecule has 4 N–H and O–H groups in total. The molecule has 1 aromatic rings. The first-order valence-electron chi connectivity index (χ1n) is 7.38. The van der Waals surface area contributed by atoms with Gasteiger partial charge in [0.2, 0.25) is 5.91 Å². The second-order valence-electron chi connectivity index (χ2n) is 5.51. The SMILES string of the molecule is CCC1CCC(C(=O)Nc2cnn(CCO)c2N)CC1. The minimum atomic E-state index is -0.0275. The van der Waals surface area contributed by atoms with Gasteiger partial charge < -0.3 is 16.2 Å². The molecule has 0 aromatic carbocycles. The molecule has 6 nitrogen and oxygen atoms in total. The Morgan fingerprint density at radius 1 is 1.50 bits per heavy atom. The van der Waals surface area contributed by atoms with E-state index in [4.69, 9.17) is 10.8 Å². The number of nitrogen functional groups attached to an aromatic ring is 1. The zero-order valence-electron chi connectivity index (χ0n) is 12.0. The average molecular weight is 280 g/mol. The number of hydrogen-bond acceptors (Lipinski definition) is 4. The summed E-state index contributed by atoms with van der Waals surface area (Å²) in [6, 6.07) is 0. The van der Waals surface area contributed by atoms with Gasteiger partial charge in [-0.15, -0.1) is 0 Å². The fourth-order valence-corrected chi connectivity index (χ4v) is 2.83. The van der Waals surface area contributed by atoms with E-state index in [-0.39, 0.29) is 18.4 Å². The van der Waals surface area contributed by atoms with Crippen molar-refractivity contribution in [2.24, 2.45) is 11.8 Å². The summed E-state index contributed by atoms with van der Waals surface area (Å²) in [4.78, 5) is 12.2. The van der Waals surface area contributed by atoms with Crippen LogP contribution in [0.1, 0.15) is 39.0 Å². The molecule has 2 rings (SSSR count). The minimum absolute atomic E-state index is 0.0275. The third-order valence-corrected chi connectivity index (χ3v) is 4.24. The highest BCUT2D eigenvalue weighted by molar-refractivity contribution is 5.94. The number of nitrogens with zero attached hydrogens (tertiary/aromatic N) is 2. The van der Waals surface area contributed by atoms with Gasteiger partial charge >= 0.3 is 0 Å². The smallest absolute Gasteiger partial charge is 0.227 e. The van der Waals surface area contributed by atoms with Crippen molar-refractivity contribution in [1.82, 2.24) is 9.78 Å². The van der Waals surface area contributed by atoms with Gasteiger partial charge in [-0.25, -0.2) is 4.68 Å². The lowest BCUT2D eigenvalue weighted by Gasteiger charge is -2.26. The maximum Gasteiger partial charge on any atom is 0.227 e. The molecule has 1 aromatic heterocycles. The molecule has 6 heteroatoms. The number of aliphatic hydroxyl groups excluding tert-OH is 1. The quantitative estimate of drug-likeness (QED) is 0.764. The summed E-state index contributed by atoms with van der Waals surface area (Å²) >= 11 is 0. The molecule has 0 spiro atoms. The number of nitrogens with one attached hydrogen (secondary N) is 1. The number of nitrogens with two attached hydrogens (primary N) is 1. The van der Waals surface area contributed by atoms with Crippen molar-refractivity contribution in [3.63, 3.8) is 0 Å². The zero-order valence-corrected chi connectivity index (χ0v) is 12.0. The summed E-state index contributed by atoms with van der Waals surface area (Å²) in [5.41, 5.74) is 6.43. The molecule has 1 aliphatic carbocycles. The fourth-order valence-electron chi connectivity index (χ4n) is 2.83. The van der Waals surface area contributed by atoms with E-state index in [1.54, 1.807) is 6.20 Å². The number of rotatable bonds is 5. The van der Waals surface area contributed by atoms with Gasteiger partial charge in [0.25, 0.3) is 0 Å². The third kappa shape index (κ3) is 3.30. The Hall–Kier alpha value is -1.56. The first-order valence-corrected chi connectivity index (χ1v) is 7.38. The second kappa shape index (κ2) is 6.74. The molecular weight excluding hydrogens is 256 g/mol. The van der Waals surface area contributed by atoms with Crippen LogP contribution in [0.3, 0.4) is 0 Å². The molecule has 1 heterocycles. The van der Waals surface area contributed by atoms with Gasteiger partial charge in [0.05, 0.1) is 19.3 Å². The van der Waals surface area contributed by atoms with Crippen LogP contribution in [0.5, 0.6) is 0 Å². The van der Waals surface area contributed by atoms with Crippen LogP contribution < -0.4 is 11.1 Å². The lowest BCUT2D eigenvalue weighted by Crippen LogP contribution is -2.27. The van der Waals surface area contributed by atoms with Gasteiger partial charge in [-0.05, 0) is 31.6 Å². The lowest BCUT2D eigenvalue weighted by atomic mass is 9.80. The van der Waals surface area contributed by atoms with Crippen LogP contribution in [-0.4, -0.2) is 27.4 Å². The number of carbonyl (C=O) groups excluding carboxylic acids is 1. The summed E-state index contributed by atoms with van der Waals surface area (Å²) in [5.74, 6) is 1.29. The third-order valence-electron chi connectivity index (χ3n) is 4.24. The first kappa shape index (κ1) is 14.8. The van der Waals surface area contributed by atoms with Crippen LogP contribution in [0.15, 0.2) is 6.20 Å². The van der Waals surface area contributed by atoms with Crippen LogP contribution in [0, 0.1) is 11.8 Å². The number of aliphatic hydroxyl groups is 1. The highest BCUT2D eigenvalue weighted by Crippen LogP contribution is 2.31. The Morgan fingerprint density at radius 3 is 2.80 bits per heavy atom. The van der Waals surface area contributed by atoms with E-state index in [2.05, 4.69) is 17.3 Å². The monoisotopic (exact) mass is 280 g/mol. The largest absolute Gasteiger partial charge is 0.394 e. The summed E-state index contributed by atoms with van der Waals surface area (Å²) in [6.07, 6.45) is 6.92. The lowest BCUT2D eigenvalue weighted by molar-refractivity contribution is -0.121. The molecule has 20 heavy (non-hydrogen) atoms. The average Bonchev–Trinajstić information content (AvgIpc) is 2.81. The predicted molar refractivity (Wildman–Crippen MR) is 78.1 cm³/mol. The van der Waals surface area contributed by atoms with Crippen molar-refractivity contribution < 1.29 is 9.90 Å². The van der Waals surface area contributed by atoms with E-state index in [0.717, 1.165) is 31.6 Å². The molecule has 1 amide bonds. The number of carbonyl (C=O) groups is 1. The van der Waals surface area contributed by atoms with Crippen molar-refractivity contribution in [1.29, 1.82) is 0 Å². The molecule has 0 saturated heterocycles. The van der Waals surface area contributed by atoms with Crippen LogP contribution in [0.2, 0.25) is 0 Å². The zero-order chi connectivity index (χ0) is 14.5. The van der Waals surface area contributed by atoms with Crippen LogP contribution in [-0.2, 0) is 11.3 Å². The molecule has 0 radical (unpaired) electrons. The van der Waals surface area contributed by atoms with E-state index in [9.17, 15) is 4.79 Å². The van der Waals surface area contributed by atoms with E-state index >= 15 is 0 Å². The van der Waals surface area contributed by atoms with Crippen molar-refractivity contribution in [2.75, 3.05) is 17.7 Å². The first-order chi connectivity index (χ1) is 9.65. The molecule has 1 saturated carbocycles. The maximum atomic E-state index is 12.2. The molecule has 0 aliphatic heterocycles. The minimum Gasteiger partial charge on any atom is -0.394 e. The molecular formula is C14H24N4O2. The van der Waals surface area contributed by atoms with E-state index < -0.39 is 0 Å². The maximum absolute atomic E-state index is 12.2. The highest BCUT2D eigenvalue weighted by atomic mass is 16.3. The number of anilines is 2. The standard InChI is InChI=1S/C14H24N4O2/c1-2-10-3-5-11(6-4-10)14(20)17-12-9-16-18(7-8-19)13(12)15/h9-11,19H,2-8,15H2,1H3,(H,17,20). The summed E-state index contributed by atoms with van der Waals surface area (Å²) in [5, 5.41) is 15.8. The molecule has 0 bridgehead atoms. The van der Waals surface area contributed by atoms with E-state index in [1.165, 1.54) is 11.1 Å². The number of amides is 1. The molecule has 112 valence electrons. The van der Waals surface area contributed by atoms with Gasteiger partial charge in [-0.1, -0.05) is 13.3 Å². The summed E-state index contributed by atoms with van der Waals surface area (Å²) in [7, 11) is 0. The Kier molecular flexibility index (Phi) is 5.00. The van der Waals surface area contributed by atoms with Crippen LogP contribution in [0.25, 0.3) is 0 Å². The van der Waals surface area contributed by atoms with Crippen LogP contribution in [0.4, 0.5) is 11.5 Å². The molecule has 0 unspecified atom stereocenters. The highest BCUT2D eigenvalue weighted by Gasteiger charge is 2.26. The topological polar surface area (TPSA) is 93.2 Å². The van der Waals surface area contributed by atoms with Crippen molar-refractivity contribution in [2.45, 2.75) is 45.6 Å². The Balaban J connectivity index is 1.91. The van der Waals surface area contributed by atoms with Gasteiger partial charge in [0.1, 0.15) is 11.5 Å². The number of hydrogen-bond donors (Lipinski definition) is 3. The molecule has 0 atom stereocenters. The van der Waals surface area contributed by atoms with Gasteiger partial charge in [0.15, 0.2) is 0 Å². The molecule has 1 aliphatic rings. The van der Waals surface area contributed by atoms with Crippen molar-refractivity contribution in [3.8, 4) is 0 Å². The Morgan fingerprint density at radius 2 is 2.20 bits per heavy atom. The molecule has 1 fully saturated rings. The van der Waals surface area contributed by atoms with Crippen LogP contribution >= 0.6 is 0 Å². The summed E-state index contributed by atoms with van der Waals surface area (Å²) in [6.45, 7) is 2.52. The van der Waals surface area contributed by atoms with Gasteiger partial charge in [0, 0.05) is 5.92 Å².